The van der Waals surface area contributed by atoms with Gasteiger partial charge in [-0.1, -0.05) is 23.7 Å². The molecule has 0 bridgehead atoms. The zero-order chi connectivity index (χ0) is 13.0. The number of rotatable bonds is 3. The number of halogens is 1. The highest BCUT2D eigenvalue weighted by molar-refractivity contribution is 6.33. The Morgan fingerprint density at radius 2 is 2.11 bits per heavy atom. The summed E-state index contributed by atoms with van der Waals surface area (Å²) in [4.78, 5) is 19.1. The number of carbonyl (C=O) groups excluding carboxylic acids is 1. The first-order valence-electron chi connectivity index (χ1n) is 5.13. The second kappa shape index (κ2) is 5.46. The third kappa shape index (κ3) is 2.75. The van der Waals surface area contributed by atoms with Crippen molar-refractivity contribution in [1.82, 2.24) is 9.97 Å². The lowest BCUT2D eigenvalue weighted by atomic mass is 10.3. The van der Waals surface area contributed by atoms with E-state index in [1.807, 2.05) is 18.2 Å². The standard InChI is InChI=1S/C12H10ClN3O2/c1-18-12(17)11-14-7-6-10(16-11)15-9-5-3-2-4-8(9)13/h2-7H,1H3,(H,14,15,16). The fraction of sp³-hybridized carbons (Fsp3) is 0.0833. The Morgan fingerprint density at radius 1 is 1.33 bits per heavy atom. The third-order valence-electron chi connectivity index (χ3n) is 2.16. The summed E-state index contributed by atoms with van der Waals surface area (Å²) in [6.45, 7) is 0. The van der Waals surface area contributed by atoms with Crippen LogP contribution in [0.15, 0.2) is 36.5 Å². The van der Waals surface area contributed by atoms with Crippen LogP contribution in [-0.4, -0.2) is 23.0 Å². The predicted octanol–water partition coefficient (Wildman–Crippen LogP) is 2.66. The van der Waals surface area contributed by atoms with E-state index in [1.165, 1.54) is 13.3 Å². The van der Waals surface area contributed by atoms with Crippen LogP contribution in [-0.2, 0) is 4.74 Å². The molecule has 2 aromatic rings. The molecule has 0 spiro atoms. The van der Waals surface area contributed by atoms with E-state index in [4.69, 9.17) is 11.6 Å². The minimum absolute atomic E-state index is 0.00504. The molecule has 18 heavy (non-hydrogen) atoms. The highest BCUT2D eigenvalue weighted by Crippen LogP contribution is 2.23. The Balaban J connectivity index is 2.25. The van der Waals surface area contributed by atoms with Crippen LogP contribution < -0.4 is 5.32 Å². The van der Waals surface area contributed by atoms with Crippen LogP contribution in [0.4, 0.5) is 11.5 Å². The lowest BCUT2D eigenvalue weighted by molar-refractivity contribution is 0.0587. The minimum Gasteiger partial charge on any atom is -0.463 e. The smallest absolute Gasteiger partial charge is 0.376 e. The fourth-order valence-corrected chi connectivity index (χ4v) is 1.50. The van der Waals surface area contributed by atoms with Gasteiger partial charge in [-0.2, -0.15) is 0 Å². The number of hydrogen-bond acceptors (Lipinski definition) is 5. The molecule has 0 saturated heterocycles. The molecule has 0 unspecified atom stereocenters. The maximum atomic E-state index is 11.3. The molecule has 0 radical (unpaired) electrons. The van der Waals surface area contributed by atoms with Crippen LogP contribution in [0, 0.1) is 0 Å². The van der Waals surface area contributed by atoms with E-state index in [0.29, 0.717) is 16.5 Å². The molecule has 0 fully saturated rings. The molecule has 0 atom stereocenters. The highest BCUT2D eigenvalue weighted by Gasteiger charge is 2.09. The van der Waals surface area contributed by atoms with Gasteiger partial charge in [-0.15, -0.1) is 0 Å². The number of methoxy groups -OCH3 is 1. The number of hydrogen-bond donors (Lipinski definition) is 1. The molecule has 0 amide bonds. The number of aromatic nitrogens is 2. The van der Waals surface area contributed by atoms with Gasteiger partial charge in [-0.25, -0.2) is 14.8 Å². The minimum atomic E-state index is -0.585. The van der Waals surface area contributed by atoms with Gasteiger partial charge in [0.15, 0.2) is 0 Å². The van der Waals surface area contributed by atoms with Crippen molar-refractivity contribution >= 4 is 29.1 Å². The topological polar surface area (TPSA) is 64.1 Å². The molecular weight excluding hydrogens is 254 g/mol. The first-order chi connectivity index (χ1) is 8.70. The van der Waals surface area contributed by atoms with Crippen molar-refractivity contribution in [2.24, 2.45) is 0 Å². The molecule has 0 saturated carbocycles. The quantitative estimate of drug-likeness (QED) is 0.863. The first-order valence-corrected chi connectivity index (χ1v) is 5.51. The molecule has 6 heteroatoms. The van der Waals surface area contributed by atoms with E-state index < -0.39 is 5.97 Å². The predicted molar refractivity (Wildman–Crippen MR) is 68.1 cm³/mol. The Kier molecular flexibility index (Phi) is 3.74. The molecule has 5 nitrogen and oxygen atoms in total. The molecule has 1 aromatic heterocycles. The lowest BCUT2D eigenvalue weighted by Gasteiger charge is -2.07. The van der Waals surface area contributed by atoms with Crippen molar-refractivity contribution in [2.75, 3.05) is 12.4 Å². The van der Waals surface area contributed by atoms with Gasteiger partial charge in [0.05, 0.1) is 17.8 Å². The first kappa shape index (κ1) is 12.3. The largest absolute Gasteiger partial charge is 0.463 e. The fourth-order valence-electron chi connectivity index (χ4n) is 1.32. The van der Waals surface area contributed by atoms with Crippen molar-refractivity contribution < 1.29 is 9.53 Å². The summed E-state index contributed by atoms with van der Waals surface area (Å²) in [6.07, 6.45) is 1.47. The molecule has 1 N–H and O–H groups in total. The number of nitrogens with one attached hydrogen (secondary N) is 1. The Morgan fingerprint density at radius 3 is 2.83 bits per heavy atom. The number of para-hydroxylation sites is 1. The molecule has 1 heterocycles. The Hall–Kier alpha value is -2.14. The normalized spacial score (nSPS) is 9.89. The van der Waals surface area contributed by atoms with Gasteiger partial charge in [0.25, 0.3) is 0 Å². The van der Waals surface area contributed by atoms with Crippen molar-refractivity contribution in [2.45, 2.75) is 0 Å². The molecule has 92 valence electrons. The Labute approximate surface area is 109 Å². The molecule has 2 rings (SSSR count). The van der Waals surface area contributed by atoms with Crippen molar-refractivity contribution in [3.05, 3.63) is 47.4 Å². The second-order valence-corrected chi connectivity index (χ2v) is 3.77. The number of carbonyl (C=O) groups is 1. The van der Waals surface area contributed by atoms with Gasteiger partial charge in [-0.05, 0) is 18.2 Å². The maximum absolute atomic E-state index is 11.3. The van der Waals surface area contributed by atoms with Gasteiger partial charge in [0.1, 0.15) is 5.82 Å². The van der Waals surface area contributed by atoms with Gasteiger partial charge in [0, 0.05) is 6.20 Å². The molecule has 1 aromatic carbocycles. The average Bonchev–Trinajstić information content (AvgIpc) is 2.41. The van der Waals surface area contributed by atoms with E-state index >= 15 is 0 Å². The van der Waals surface area contributed by atoms with E-state index in [-0.39, 0.29) is 5.82 Å². The van der Waals surface area contributed by atoms with Crippen LogP contribution in [0.1, 0.15) is 10.6 Å². The molecule has 0 aliphatic heterocycles. The van der Waals surface area contributed by atoms with Crippen LogP contribution in [0.2, 0.25) is 5.02 Å². The van der Waals surface area contributed by atoms with Crippen LogP contribution >= 0.6 is 11.6 Å². The summed E-state index contributed by atoms with van der Waals surface area (Å²) in [6, 6.07) is 8.87. The van der Waals surface area contributed by atoms with E-state index in [0.717, 1.165) is 0 Å². The molecular formula is C12H10ClN3O2. The summed E-state index contributed by atoms with van der Waals surface area (Å²) in [5.74, 6) is -0.120. The van der Waals surface area contributed by atoms with Crippen molar-refractivity contribution in [3.63, 3.8) is 0 Å². The van der Waals surface area contributed by atoms with Gasteiger partial charge >= 0.3 is 5.97 Å². The summed E-state index contributed by atoms with van der Waals surface area (Å²) in [5, 5.41) is 3.57. The number of esters is 1. The summed E-state index contributed by atoms with van der Waals surface area (Å²) in [7, 11) is 1.28. The SMILES string of the molecule is COC(=O)c1nccc(Nc2ccccc2Cl)n1. The van der Waals surface area contributed by atoms with Gasteiger partial charge < -0.3 is 10.1 Å². The van der Waals surface area contributed by atoms with Crippen molar-refractivity contribution in [1.29, 1.82) is 0 Å². The van der Waals surface area contributed by atoms with Crippen LogP contribution in [0.5, 0.6) is 0 Å². The van der Waals surface area contributed by atoms with Gasteiger partial charge in [-0.3, -0.25) is 0 Å². The molecule has 0 aliphatic rings. The second-order valence-electron chi connectivity index (χ2n) is 3.36. The average molecular weight is 264 g/mol. The zero-order valence-corrected chi connectivity index (χ0v) is 10.3. The monoisotopic (exact) mass is 263 g/mol. The number of anilines is 2. The molecule has 0 aliphatic carbocycles. The Bertz CT molecular complexity index is 575. The number of nitrogens with zero attached hydrogens (tertiary/aromatic N) is 2. The lowest BCUT2D eigenvalue weighted by Crippen LogP contribution is -2.08. The number of ether oxygens (including phenoxy) is 1. The van der Waals surface area contributed by atoms with E-state index in [2.05, 4.69) is 20.0 Å². The van der Waals surface area contributed by atoms with Crippen LogP contribution in [0.3, 0.4) is 0 Å². The van der Waals surface area contributed by atoms with Gasteiger partial charge in [0.2, 0.25) is 5.82 Å². The highest BCUT2D eigenvalue weighted by atomic mass is 35.5. The maximum Gasteiger partial charge on any atom is 0.376 e. The van der Waals surface area contributed by atoms with E-state index in [1.54, 1.807) is 12.1 Å². The zero-order valence-electron chi connectivity index (χ0n) is 9.55. The van der Waals surface area contributed by atoms with Crippen molar-refractivity contribution in [3.8, 4) is 0 Å². The van der Waals surface area contributed by atoms with E-state index in [9.17, 15) is 4.79 Å². The summed E-state index contributed by atoms with van der Waals surface area (Å²) < 4.78 is 4.55. The summed E-state index contributed by atoms with van der Waals surface area (Å²) >= 11 is 6.01. The number of benzene rings is 1. The third-order valence-corrected chi connectivity index (χ3v) is 2.49. The van der Waals surface area contributed by atoms with Crippen LogP contribution in [0.25, 0.3) is 0 Å². The summed E-state index contributed by atoms with van der Waals surface area (Å²) in [5.41, 5.74) is 0.702.